The number of nitrogens with one attached hydrogen (secondary N) is 3. The van der Waals surface area contributed by atoms with Crippen LogP contribution in [0.5, 0.6) is 0 Å². The van der Waals surface area contributed by atoms with Gasteiger partial charge in [-0.15, -0.1) is 0 Å². The lowest BCUT2D eigenvalue weighted by Crippen LogP contribution is -2.56. The van der Waals surface area contributed by atoms with Crippen molar-refractivity contribution >= 4 is 97.1 Å². The molecule has 29 heavy (non-hydrogen) atoms. The summed E-state index contributed by atoms with van der Waals surface area (Å²) >= 11 is 25.7. The Morgan fingerprint density at radius 1 is 0.931 bits per heavy atom. The van der Waals surface area contributed by atoms with Gasteiger partial charge in [-0.05, 0) is 70.5 Å². The van der Waals surface area contributed by atoms with Crippen LogP contribution in [-0.2, 0) is 0 Å². The predicted octanol–water partition coefficient (Wildman–Crippen LogP) is 5.86. The molecule has 3 aromatic carbocycles. The number of fused-ring (bicyclic) bond motifs is 1. The van der Waals surface area contributed by atoms with Crippen LogP contribution >= 0.6 is 69.6 Å². The van der Waals surface area contributed by atoms with Crippen molar-refractivity contribution in [2.75, 3.05) is 5.32 Å². The maximum Gasteiger partial charge on any atom is 0.252 e. The zero-order valence-corrected chi connectivity index (χ0v) is 20.0. The maximum atomic E-state index is 12.5. The first-order valence-corrected chi connectivity index (χ1v) is 11.0. The van der Waals surface area contributed by atoms with E-state index in [9.17, 15) is 4.79 Å². The lowest BCUT2D eigenvalue weighted by Gasteiger charge is -2.28. The highest BCUT2D eigenvalue weighted by Gasteiger charge is 2.35. The average Bonchev–Trinajstić information content (AvgIpc) is 2.67. The van der Waals surface area contributed by atoms with E-state index in [0.29, 0.717) is 5.56 Å². The molecule has 4 nitrogen and oxygen atoms in total. The second-order valence-electron chi connectivity index (χ2n) is 6.08. The monoisotopic (exact) mass is 577 g/mol. The summed E-state index contributed by atoms with van der Waals surface area (Å²) in [4.78, 5) is 12.5. The van der Waals surface area contributed by atoms with Crippen LogP contribution in [0.1, 0.15) is 10.4 Å². The minimum atomic E-state index is -1.83. The highest BCUT2D eigenvalue weighted by Crippen LogP contribution is 2.29. The van der Waals surface area contributed by atoms with Gasteiger partial charge in [0, 0.05) is 20.2 Å². The smallest absolute Gasteiger partial charge is 0.252 e. The van der Waals surface area contributed by atoms with E-state index in [4.69, 9.17) is 47.0 Å². The summed E-state index contributed by atoms with van der Waals surface area (Å²) in [6.45, 7) is 0. The standard InChI is InChI=1S/C20H15Cl3IN3OS/c21-20(22,23)18(26-17(28)13-8-10-14(24)11-9-13)27-19(29)25-16-7-3-5-12-4-1-2-6-15(12)16/h1-11,18H,(H,26,28)(H2,25,27,29)/t18-/m0/s1. The highest BCUT2D eigenvalue weighted by atomic mass is 127. The van der Waals surface area contributed by atoms with Crippen LogP contribution in [0.3, 0.4) is 0 Å². The number of thiocarbonyl (C=S) groups is 1. The average molecular weight is 579 g/mol. The van der Waals surface area contributed by atoms with Crippen molar-refractivity contribution in [2.24, 2.45) is 0 Å². The third-order valence-corrected chi connectivity index (χ3v) is 5.62. The van der Waals surface area contributed by atoms with Crippen LogP contribution in [0.2, 0.25) is 0 Å². The minimum absolute atomic E-state index is 0.209. The van der Waals surface area contributed by atoms with E-state index in [1.165, 1.54) is 0 Å². The van der Waals surface area contributed by atoms with Crippen molar-refractivity contribution in [3.8, 4) is 0 Å². The predicted molar refractivity (Wildman–Crippen MR) is 134 cm³/mol. The normalized spacial score (nSPS) is 12.3. The van der Waals surface area contributed by atoms with E-state index >= 15 is 0 Å². The number of carbonyl (C=O) groups is 1. The molecule has 0 heterocycles. The molecule has 0 aliphatic rings. The second-order valence-corrected chi connectivity index (χ2v) is 10.1. The third-order valence-electron chi connectivity index (χ3n) is 4.02. The first-order chi connectivity index (χ1) is 13.7. The van der Waals surface area contributed by atoms with Crippen LogP contribution in [0, 0.1) is 3.57 Å². The van der Waals surface area contributed by atoms with Gasteiger partial charge in [0.25, 0.3) is 5.91 Å². The largest absolute Gasteiger partial charge is 0.339 e. The zero-order valence-electron chi connectivity index (χ0n) is 14.8. The Morgan fingerprint density at radius 3 is 2.28 bits per heavy atom. The number of anilines is 1. The van der Waals surface area contributed by atoms with Crippen molar-refractivity contribution in [3.63, 3.8) is 0 Å². The molecule has 0 aromatic heterocycles. The van der Waals surface area contributed by atoms with Crippen LogP contribution in [-0.4, -0.2) is 21.0 Å². The van der Waals surface area contributed by atoms with Crippen LogP contribution < -0.4 is 16.0 Å². The summed E-state index contributed by atoms with van der Waals surface area (Å²) in [6.07, 6.45) is -1.05. The van der Waals surface area contributed by atoms with E-state index in [2.05, 4.69) is 38.5 Å². The molecule has 0 aliphatic carbocycles. The lowest BCUT2D eigenvalue weighted by molar-refractivity contribution is 0.0934. The van der Waals surface area contributed by atoms with Crippen molar-refractivity contribution < 1.29 is 4.79 Å². The quantitative estimate of drug-likeness (QED) is 0.157. The Hall–Kier alpha value is -1.32. The van der Waals surface area contributed by atoms with Gasteiger partial charge in [0.1, 0.15) is 6.17 Å². The number of alkyl halides is 3. The molecule has 9 heteroatoms. The van der Waals surface area contributed by atoms with Crippen molar-refractivity contribution in [3.05, 3.63) is 75.9 Å². The summed E-state index contributed by atoms with van der Waals surface area (Å²) in [5, 5.41) is 10.9. The van der Waals surface area contributed by atoms with Crippen molar-refractivity contribution in [1.29, 1.82) is 0 Å². The van der Waals surface area contributed by atoms with Gasteiger partial charge in [0.2, 0.25) is 3.79 Å². The Bertz CT molecular complexity index is 1040. The third kappa shape index (κ3) is 6.08. The molecule has 0 radical (unpaired) electrons. The minimum Gasteiger partial charge on any atom is -0.339 e. The number of rotatable bonds is 4. The molecule has 0 spiro atoms. The molecule has 0 saturated carbocycles. The SMILES string of the molecule is O=C(N[C@@H](NC(=S)Nc1cccc2ccccc12)C(Cl)(Cl)Cl)c1ccc(I)cc1. The maximum absolute atomic E-state index is 12.5. The molecule has 0 unspecified atom stereocenters. The first-order valence-electron chi connectivity index (χ1n) is 8.42. The summed E-state index contributed by atoms with van der Waals surface area (Å²) in [5.74, 6) is -0.391. The second kappa shape index (κ2) is 9.66. The van der Waals surface area contributed by atoms with Gasteiger partial charge < -0.3 is 16.0 Å². The Labute approximate surface area is 202 Å². The van der Waals surface area contributed by atoms with Gasteiger partial charge in [-0.3, -0.25) is 4.79 Å². The fourth-order valence-electron chi connectivity index (χ4n) is 2.64. The molecular formula is C20H15Cl3IN3OS. The van der Waals surface area contributed by atoms with Crippen molar-refractivity contribution in [1.82, 2.24) is 10.6 Å². The van der Waals surface area contributed by atoms with Crippen molar-refractivity contribution in [2.45, 2.75) is 9.96 Å². The molecule has 0 aliphatic heterocycles. The van der Waals surface area contributed by atoms with Gasteiger partial charge in [-0.25, -0.2) is 0 Å². The molecule has 0 fully saturated rings. The van der Waals surface area contributed by atoms with Gasteiger partial charge in [-0.1, -0.05) is 71.2 Å². The molecule has 150 valence electrons. The van der Waals surface area contributed by atoms with E-state index in [1.54, 1.807) is 12.1 Å². The van der Waals surface area contributed by atoms with Gasteiger partial charge in [0.05, 0.1) is 0 Å². The summed E-state index contributed by atoms with van der Waals surface area (Å²) in [7, 11) is 0. The fourth-order valence-corrected chi connectivity index (χ4v) is 3.55. The Balaban J connectivity index is 1.73. The summed E-state index contributed by atoms with van der Waals surface area (Å²) in [6, 6.07) is 20.7. The number of benzene rings is 3. The molecule has 1 amide bonds. The molecule has 1 atom stereocenters. The molecule has 3 N–H and O–H groups in total. The fraction of sp³-hybridized carbons (Fsp3) is 0.100. The molecule has 3 rings (SSSR count). The number of halogens is 4. The van der Waals surface area contributed by atoms with Crippen LogP contribution in [0.4, 0.5) is 5.69 Å². The summed E-state index contributed by atoms with van der Waals surface area (Å²) < 4.78 is -0.820. The lowest BCUT2D eigenvalue weighted by atomic mass is 10.1. The van der Waals surface area contributed by atoms with E-state index in [-0.39, 0.29) is 5.11 Å². The van der Waals surface area contributed by atoms with E-state index in [0.717, 1.165) is 20.0 Å². The number of hydrogen-bond donors (Lipinski definition) is 3. The molecule has 0 bridgehead atoms. The first kappa shape index (κ1) is 22.4. The van der Waals surface area contributed by atoms with Gasteiger partial charge >= 0.3 is 0 Å². The van der Waals surface area contributed by atoms with Gasteiger partial charge in [-0.2, -0.15) is 0 Å². The zero-order chi connectivity index (χ0) is 21.0. The number of hydrogen-bond acceptors (Lipinski definition) is 2. The summed E-state index contributed by atoms with van der Waals surface area (Å²) in [5.41, 5.74) is 1.24. The highest BCUT2D eigenvalue weighted by molar-refractivity contribution is 14.1. The Kier molecular flexibility index (Phi) is 7.45. The number of amides is 1. The molecule has 0 saturated heterocycles. The molecule has 3 aromatic rings. The Morgan fingerprint density at radius 2 is 1.59 bits per heavy atom. The topological polar surface area (TPSA) is 53.2 Å². The van der Waals surface area contributed by atoms with Gasteiger partial charge in [0.15, 0.2) is 5.11 Å². The molecular weight excluding hydrogens is 564 g/mol. The number of carbonyl (C=O) groups excluding carboxylic acids is 1. The van der Waals surface area contributed by atoms with Crippen LogP contribution in [0.25, 0.3) is 10.8 Å². The van der Waals surface area contributed by atoms with E-state index < -0.39 is 15.9 Å². The van der Waals surface area contributed by atoms with Crippen LogP contribution in [0.15, 0.2) is 66.7 Å². The van der Waals surface area contributed by atoms with E-state index in [1.807, 2.05) is 54.6 Å².